The topological polar surface area (TPSA) is 91.0 Å². The predicted octanol–water partition coefficient (Wildman–Crippen LogP) is 2.11. The van der Waals surface area contributed by atoms with E-state index in [0.29, 0.717) is 30.9 Å². The van der Waals surface area contributed by atoms with E-state index in [0.717, 1.165) is 22.0 Å². The molecule has 126 valence electrons. The highest BCUT2D eigenvalue weighted by atomic mass is 16.2. The number of carbonyl (C=O) groups is 2. The molecule has 2 aromatic heterocycles. The fourth-order valence-electron chi connectivity index (χ4n) is 3.19. The Hall–Kier alpha value is -3.22. The molecule has 1 aliphatic rings. The molecule has 4 rings (SSSR count). The molecule has 0 saturated heterocycles. The van der Waals surface area contributed by atoms with Crippen LogP contribution in [0.1, 0.15) is 28.4 Å². The maximum atomic E-state index is 12.8. The van der Waals surface area contributed by atoms with Gasteiger partial charge in [0, 0.05) is 37.8 Å². The lowest BCUT2D eigenvalue weighted by molar-refractivity contribution is -0.129. The number of fused-ring (bicyclic) bond motifs is 2. The molecule has 7 heteroatoms. The Bertz CT molecular complexity index is 979. The second kappa shape index (κ2) is 6.01. The number of hydrogen-bond acceptors (Lipinski definition) is 4. The summed E-state index contributed by atoms with van der Waals surface area (Å²) >= 11 is 0. The standard InChI is InChI=1S/C18H17N5O2/c1-11(24)23-7-6-13-12(10-23)8-19-9-15(13)18(25)20-17-14-4-2-3-5-16(14)21-22-17/h2-5,8-9H,6-7,10H2,1H3,(H2,20,21,22,25). The molecule has 0 saturated carbocycles. The molecule has 0 aliphatic carbocycles. The first kappa shape index (κ1) is 15.3. The van der Waals surface area contributed by atoms with Crippen LogP contribution in [-0.2, 0) is 17.8 Å². The normalized spacial score (nSPS) is 13.6. The maximum Gasteiger partial charge on any atom is 0.258 e. The van der Waals surface area contributed by atoms with Crippen LogP contribution in [0.4, 0.5) is 5.82 Å². The van der Waals surface area contributed by atoms with Crippen LogP contribution in [0.5, 0.6) is 0 Å². The molecule has 0 spiro atoms. The van der Waals surface area contributed by atoms with Crippen molar-refractivity contribution in [2.45, 2.75) is 19.9 Å². The summed E-state index contributed by atoms with van der Waals surface area (Å²) in [6.07, 6.45) is 3.94. The SMILES string of the molecule is CC(=O)N1CCc2c(cncc2C(=O)Nc2n[nH]c3ccccc23)C1. The van der Waals surface area contributed by atoms with Crippen LogP contribution in [0, 0.1) is 0 Å². The summed E-state index contributed by atoms with van der Waals surface area (Å²) in [5.41, 5.74) is 3.27. The lowest BCUT2D eigenvalue weighted by Gasteiger charge is -2.28. The number of carbonyl (C=O) groups excluding carboxylic acids is 2. The molecule has 3 heterocycles. The van der Waals surface area contributed by atoms with Gasteiger partial charge < -0.3 is 10.2 Å². The van der Waals surface area contributed by atoms with Crippen molar-refractivity contribution < 1.29 is 9.59 Å². The molecule has 0 unspecified atom stereocenters. The Morgan fingerprint density at radius 3 is 2.92 bits per heavy atom. The number of benzene rings is 1. The molecule has 2 amide bonds. The van der Waals surface area contributed by atoms with Crippen molar-refractivity contribution in [3.05, 3.63) is 53.3 Å². The van der Waals surface area contributed by atoms with E-state index in [1.807, 2.05) is 24.3 Å². The van der Waals surface area contributed by atoms with E-state index in [1.165, 1.54) is 0 Å². The largest absolute Gasteiger partial charge is 0.338 e. The highest BCUT2D eigenvalue weighted by Crippen LogP contribution is 2.24. The van der Waals surface area contributed by atoms with Gasteiger partial charge in [-0.25, -0.2) is 0 Å². The van der Waals surface area contributed by atoms with Crippen LogP contribution < -0.4 is 5.32 Å². The average Bonchev–Trinajstić information content (AvgIpc) is 3.03. The highest BCUT2D eigenvalue weighted by Gasteiger charge is 2.23. The van der Waals surface area contributed by atoms with Crippen molar-refractivity contribution in [3.63, 3.8) is 0 Å². The molecule has 3 aromatic rings. The van der Waals surface area contributed by atoms with E-state index < -0.39 is 0 Å². The van der Waals surface area contributed by atoms with E-state index >= 15 is 0 Å². The molecular weight excluding hydrogens is 318 g/mol. The van der Waals surface area contributed by atoms with Crippen molar-refractivity contribution in [3.8, 4) is 0 Å². The summed E-state index contributed by atoms with van der Waals surface area (Å²) in [6.45, 7) is 2.65. The minimum absolute atomic E-state index is 0.0310. The number of nitrogens with zero attached hydrogens (tertiary/aromatic N) is 3. The summed E-state index contributed by atoms with van der Waals surface area (Å²) < 4.78 is 0. The van der Waals surface area contributed by atoms with E-state index in [9.17, 15) is 9.59 Å². The number of hydrogen-bond donors (Lipinski definition) is 2. The average molecular weight is 335 g/mol. The summed E-state index contributed by atoms with van der Waals surface area (Å²) in [4.78, 5) is 30.3. The van der Waals surface area contributed by atoms with E-state index in [1.54, 1.807) is 24.2 Å². The van der Waals surface area contributed by atoms with Crippen molar-refractivity contribution in [1.82, 2.24) is 20.1 Å². The van der Waals surface area contributed by atoms with Gasteiger partial charge in [-0.3, -0.25) is 19.7 Å². The first-order valence-electron chi connectivity index (χ1n) is 8.09. The zero-order valence-corrected chi connectivity index (χ0v) is 13.7. The molecule has 0 fully saturated rings. The predicted molar refractivity (Wildman–Crippen MR) is 93.1 cm³/mol. The first-order chi connectivity index (χ1) is 12.1. The molecule has 2 N–H and O–H groups in total. The van der Waals surface area contributed by atoms with Gasteiger partial charge in [0.25, 0.3) is 5.91 Å². The van der Waals surface area contributed by atoms with Gasteiger partial charge in [0.05, 0.1) is 11.1 Å². The van der Waals surface area contributed by atoms with E-state index in [4.69, 9.17) is 0 Å². The number of amides is 2. The lowest BCUT2D eigenvalue weighted by Crippen LogP contribution is -2.35. The molecule has 1 aromatic carbocycles. The molecule has 1 aliphatic heterocycles. The van der Waals surface area contributed by atoms with Gasteiger partial charge in [0.1, 0.15) is 0 Å². The second-order valence-corrected chi connectivity index (χ2v) is 6.09. The van der Waals surface area contributed by atoms with Crippen molar-refractivity contribution in [2.75, 3.05) is 11.9 Å². The van der Waals surface area contributed by atoms with Crippen LogP contribution in [0.25, 0.3) is 10.9 Å². The van der Waals surface area contributed by atoms with Gasteiger partial charge >= 0.3 is 0 Å². The molecule has 25 heavy (non-hydrogen) atoms. The fourth-order valence-corrected chi connectivity index (χ4v) is 3.19. The number of para-hydroxylation sites is 1. The molecule has 0 atom stereocenters. The number of nitrogens with one attached hydrogen (secondary N) is 2. The van der Waals surface area contributed by atoms with Crippen LogP contribution in [0.2, 0.25) is 0 Å². The van der Waals surface area contributed by atoms with Gasteiger partial charge in [-0.2, -0.15) is 5.10 Å². The van der Waals surface area contributed by atoms with Gasteiger partial charge in [0.2, 0.25) is 5.91 Å². The smallest absolute Gasteiger partial charge is 0.258 e. The molecule has 7 nitrogen and oxygen atoms in total. The maximum absolute atomic E-state index is 12.8. The van der Waals surface area contributed by atoms with Crippen molar-refractivity contribution in [1.29, 1.82) is 0 Å². The molecular formula is C18H17N5O2. The number of aromatic amines is 1. The quantitative estimate of drug-likeness (QED) is 0.750. The highest BCUT2D eigenvalue weighted by molar-refractivity contribution is 6.08. The minimum atomic E-state index is -0.238. The second-order valence-electron chi connectivity index (χ2n) is 6.09. The number of anilines is 1. The van der Waals surface area contributed by atoms with Crippen LogP contribution in [-0.4, -0.2) is 38.4 Å². The van der Waals surface area contributed by atoms with Gasteiger partial charge in [-0.1, -0.05) is 12.1 Å². The van der Waals surface area contributed by atoms with Gasteiger partial charge in [-0.15, -0.1) is 0 Å². The molecule has 0 bridgehead atoms. The van der Waals surface area contributed by atoms with Gasteiger partial charge in [-0.05, 0) is 29.7 Å². The van der Waals surface area contributed by atoms with Gasteiger partial charge in [0.15, 0.2) is 5.82 Å². The van der Waals surface area contributed by atoms with Crippen molar-refractivity contribution in [2.24, 2.45) is 0 Å². The van der Waals surface area contributed by atoms with Crippen LogP contribution >= 0.6 is 0 Å². The summed E-state index contributed by atoms with van der Waals surface area (Å²) in [5, 5.41) is 10.8. The Labute approximate surface area is 144 Å². The first-order valence-corrected chi connectivity index (χ1v) is 8.09. The summed E-state index contributed by atoms with van der Waals surface area (Å²) in [6, 6.07) is 7.61. The lowest BCUT2D eigenvalue weighted by atomic mass is 9.96. The fraction of sp³-hybridized carbons (Fsp3) is 0.222. The van der Waals surface area contributed by atoms with Crippen molar-refractivity contribution >= 4 is 28.5 Å². The Balaban J connectivity index is 1.63. The monoisotopic (exact) mass is 335 g/mol. The number of pyridine rings is 1. The number of aromatic nitrogens is 3. The molecule has 0 radical (unpaired) electrons. The van der Waals surface area contributed by atoms with E-state index in [-0.39, 0.29) is 11.8 Å². The number of H-pyrrole nitrogens is 1. The minimum Gasteiger partial charge on any atom is -0.338 e. The summed E-state index contributed by atoms with van der Waals surface area (Å²) in [7, 11) is 0. The zero-order chi connectivity index (χ0) is 17.4. The van der Waals surface area contributed by atoms with Crippen LogP contribution in [0.3, 0.4) is 0 Å². The van der Waals surface area contributed by atoms with E-state index in [2.05, 4.69) is 20.5 Å². The Kier molecular flexibility index (Phi) is 3.68. The third-order valence-electron chi connectivity index (χ3n) is 4.53. The third-order valence-corrected chi connectivity index (χ3v) is 4.53. The third kappa shape index (κ3) is 2.73. The Morgan fingerprint density at radius 2 is 2.08 bits per heavy atom. The summed E-state index contributed by atoms with van der Waals surface area (Å²) in [5.74, 6) is 0.292. The number of rotatable bonds is 2. The Morgan fingerprint density at radius 1 is 1.24 bits per heavy atom. The van der Waals surface area contributed by atoms with Crippen LogP contribution in [0.15, 0.2) is 36.7 Å². The zero-order valence-electron chi connectivity index (χ0n) is 13.7.